The largest absolute Gasteiger partial charge is 0.325 e. The number of halogens is 1. The van der Waals surface area contributed by atoms with Crippen LogP contribution in [0.25, 0.3) is 11.4 Å². The maximum Gasteiger partial charge on any atom is 0.234 e. The van der Waals surface area contributed by atoms with Crippen LogP contribution in [-0.4, -0.2) is 31.4 Å². The smallest absolute Gasteiger partial charge is 0.234 e. The number of hydrogen-bond acceptors (Lipinski definition) is 5. The van der Waals surface area contributed by atoms with Gasteiger partial charge in [0.25, 0.3) is 0 Å². The van der Waals surface area contributed by atoms with Crippen molar-refractivity contribution in [1.29, 1.82) is 0 Å². The van der Waals surface area contributed by atoms with Gasteiger partial charge in [-0.1, -0.05) is 29.4 Å². The van der Waals surface area contributed by atoms with E-state index in [0.29, 0.717) is 28.2 Å². The summed E-state index contributed by atoms with van der Waals surface area (Å²) in [5.41, 5.74) is 1.61. The van der Waals surface area contributed by atoms with Gasteiger partial charge in [-0.25, -0.2) is 0 Å². The summed E-state index contributed by atoms with van der Waals surface area (Å²) in [7, 11) is 0. The van der Waals surface area contributed by atoms with Crippen molar-refractivity contribution in [1.82, 2.24) is 19.7 Å². The number of amides is 1. The Balaban J connectivity index is 1.69. The zero-order valence-electron chi connectivity index (χ0n) is 13.8. The van der Waals surface area contributed by atoms with Gasteiger partial charge in [-0.2, -0.15) is 0 Å². The van der Waals surface area contributed by atoms with Crippen LogP contribution in [0.4, 0.5) is 5.69 Å². The average Bonchev–Trinajstić information content (AvgIpc) is 3.06. The molecular weight excluding hydrogens is 370 g/mol. The van der Waals surface area contributed by atoms with Crippen molar-refractivity contribution in [2.45, 2.75) is 11.7 Å². The Hall–Kier alpha value is -2.64. The molecule has 1 N–H and O–H groups in total. The molecule has 0 saturated heterocycles. The first kappa shape index (κ1) is 18.2. The summed E-state index contributed by atoms with van der Waals surface area (Å²) in [6.07, 6.45) is 5.18. The van der Waals surface area contributed by atoms with Crippen LogP contribution in [0.3, 0.4) is 0 Å². The fourth-order valence-corrected chi connectivity index (χ4v) is 3.14. The highest BCUT2D eigenvalue weighted by Crippen LogP contribution is 2.24. The normalized spacial score (nSPS) is 10.5. The zero-order chi connectivity index (χ0) is 18.4. The van der Waals surface area contributed by atoms with Gasteiger partial charge < -0.3 is 5.32 Å². The third kappa shape index (κ3) is 4.50. The monoisotopic (exact) mass is 385 g/mol. The van der Waals surface area contributed by atoms with E-state index in [1.807, 2.05) is 16.7 Å². The van der Waals surface area contributed by atoms with Gasteiger partial charge in [0.2, 0.25) is 5.91 Å². The lowest BCUT2D eigenvalue weighted by Crippen LogP contribution is -2.14. The maximum atomic E-state index is 12.2. The van der Waals surface area contributed by atoms with E-state index >= 15 is 0 Å². The van der Waals surface area contributed by atoms with E-state index in [1.165, 1.54) is 11.8 Å². The Labute approximate surface area is 160 Å². The van der Waals surface area contributed by atoms with E-state index in [9.17, 15) is 4.79 Å². The molecule has 0 unspecified atom stereocenters. The van der Waals surface area contributed by atoms with Gasteiger partial charge in [-0.05, 0) is 36.4 Å². The number of nitrogens with one attached hydrogen (secondary N) is 1. The van der Waals surface area contributed by atoms with Crippen molar-refractivity contribution < 1.29 is 4.79 Å². The summed E-state index contributed by atoms with van der Waals surface area (Å²) in [5, 5.41) is 12.6. The number of thioether (sulfide) groups is 1. The van der Waals surface area contributed by atoms with Crippen LogP contribution < -0.4 is 5.32 Å². The standard InChI is InChI=1S/C18H16ClN5OS/c1-2-11-24-17(13-7-9-20-10-8-13)22-23-18(24)26-12-16(25)21-15-5-3-14(19)4-6-15/h2-10H,1,11-12H2,(H,21,25). The maximum absolute atomic E-state index is 12.2. The highest BCUT2D eigenvalue weighted by Gasteiger charge is 2.15. The fraction of sp³-hybridized carbons (Fsp3) is 0.111. The quantitative estimate of drug-likeness (QED) is 0.493. The zero-order valence-corrected chi connectivity index (χ0v) is 15.4. The molecule has 132 valence electrons. The molecule has 0 aliphatic rings. The number of allylic oxidation sites excluding steroid dienone is 1. The van der Waals surface area contributed by atoms with Crippen molar-refractivity contribution in [2.75, 3.05) is 11.1 Å². The summed E-state index contributed by atoms with van der Waals surface area (Å²) in [5.74, 6) is 0.803. The van der Waals surface area contributed by atoms with Gasteiger partial charge in [0.05, 0.1) is 5.75 Å². The van der Waals surface area contributed by atoms with Gasteiger partial charge in [-0.15, -0.1) is 16.8 Å². The van der Waals surface area contributed by atoms with Crippen LogP contribution in [-0.2, 0) is 11.3 Å². The minimum Gasteiger partial charge on any atom is -0.325 e. The number of carbonyl (C=O) groups excluding carboxylic acids is 1. The van der Waals surface area contributed by atoms with Crippen LogP contribution in [0.1, 0.15) is 0 Å². The van der Waals surface area contributed by atoms with E-state index in [-0.39, 0.29) is 11.7 Å². The second-order valence-corrected chi connectivity index (χ2v) is 6.66. The third-order valence-corrected chi connectivity index (χ3v) is 4.65. The number of nitrogens with zero attached hydrogens (tertiary/aromatic N) is 4. The van der Waals surface area contributed by atoms with Crippen LogP contribution in [0.15, 0.2) is 66.6 Å². The average molecular weight is 386 g/mol. The number of carbonyl (C=O) groups is 1. The van der Waals surface area contributed by atoms with Crippen LogP contribution in [0, 0.1) is 0 Å². The lowest BCUT2D eigenvalue weighted by molar-refractivity contribution is -0.113. The molecule has 3 aromatic rings. The number of hydrogen-bond donors (Lipinski definition) is 1. The highest BCUT2D eigenvalue weighted by molar-refractivity contribution is 7.99. The Morgan fingerprint density at radius 1 is 1.19 bits per heavy atom. The van der Waals surface area contributed by atoms with Crippen molar-refractivity contribution in [3.05, 3.63) is 66.5 Å². The number of anilines is 1. The molecule has 0 fully saturated rings. The summed E-state index contributed by atoms with van der Waals surface area (Å²) >= 11 is 7.16. The molecule has 1 aromatic carbocycles. The van der Waals surface area contributed by atoms with E-state index < -0.39 is 0 Å². The molecule has 8 heteroatoms. The molecule has 0 atom stereocenters. The number of benzene rings is 1. The Morgan fingerprint density at radius 2 is 1.92 bits per heavy atom. The van der Waals surface area contributed by atoms with Crippen molar-refractivity contribution >= 4 is 35.0 Å². The van der Waals surface area contributed by atoms with Gasteiger partial charge >= 0.3 is 0 Å². The summed E-state index contributed by atoms with van der Waals surface area (Å²) in [4.78, 5) is 16.2. The van der Waals surface area contributed by atoms with E-state index in [2.05, 4.69) is 27.1 Å². The third-order valence-electron chi connectivity index (χ3n) is 3.43. The highest BCUT2D eigenvalue weighted by atomic mass is 35.5. The van der Waals surface area contributed by atoms with Crippen molar-refractivity contribution in [3.63, 3.8) is 0 Å². The lowest BCUT2D eigenvalue weighted by atomic mass is 10.2. The first-order valence-electron chi connectivity index (χ1n) is 7.80. The summed E-state index contributed by atoms with van der Waals surface area (Å²) in [6, 6.07) is 10.7. The molecule has 6 nitrogen and oxygen atoms in total. The molecule has 1 amide bonds. The molecular formula is C18H16ClN5OS. The summed E-state index contributed by atoms with van der Waals surface area (Å²) in [6.45, 7) is 4.33. The molecule has 2 aromatic heterocycles. The minimum absolute atomic E-state index is 0.129. The molecule has 0 aliphatic carbocycles. The van der Waals surface area contributed by atoms with Crippen LogP contribution >= 0.6 is 23.4 Å². The fourth-order valence-electron chi connectivity index (χ4n) is 2.26. The molecule has 3 rings (SSSR count). The van der Waals surface area contributed by atoms with Crippen molar-refractivity contribution in [2.24, 2.45) is 0 Å². The van der Waals surface area contributed by atoms with E-state index in [1.54, 1.807) is 42.7 Å². The SMILES string of the molecule is C=CCn1c(SCC(=O)Nc2ccc(Cl)cc2)nnc1-c1ccncc1. The predicted molar refractivity (Wildman–Crippen MR) is 104 cm³/mol. The molecule has 0 aliphatic heterocycles. The first-order chi connectivity index (χ1) is 12.7. The van der Waals surface area contributed by atoms with Gasteiger partial charge in [0.1, 0.15) is 0 Å². The minimum atomic E-state index is -0.129. The Kier molecular flexibility index (Phi) is 6.04. The van der Waals surface area contributed by atoms with E-state index in [4.69, 9.17) is 11.6 Å². The molecule has 0 radical (unpaired) electrons. The first-order valence-corrected chi connectivity index (χ1v) is 9.16. The molecule has 2 heterocycles. The molecule has 0 bridgehead atoms. The second kappa shape index (κ2) is 8.64. The predicted octanol–water partition coefficient (Wildman–Crippen LogP) is 3.91. The van der Waals surface area contributed by atoms with Gasteiger partial charge in [-0.3, -0.25) is 14.3 Å². The van der Waals surface area contributed by atoms with Gasteiger partial charge in [0.15, 0.2) is 11.0 Å². The lowest BCUT2D eigenvalue weighted by Gasteiger charge is -2.08. The molecule has 0 spiro atoms. The van der Waals surface area contributed by atoms with Crippen LogP contribution in [0.5, 0.6) is 0 Å². The number of rotatable bonds is 7. The van der Waals surface area contributed by atoms with Crippen LogP contribution in [0.2, 0.25) is 5.02 Å². The Bertz CT molecular complexity index is 896. The topological polar surface area (TPSA) is 72.7 Å². The van der Waals surface area contributed by atoms with E-state index in [0.717, 1.165) is 5.56 Å². The molecule has 0 saturated carbocycles. The Morgan fingerprint density at radius 3 is 2.62 bits per heavy atom. The molecule has 26 heavy (non-hydrogen) atoms. The summed E-state index contributed by atoms with van der Waals surface area (Å²) < 4.78 is 1.92. The second-order valence-electron chi connectivity index (χ2n) is 5.29. The number of pyridine rings is 1. The van der Waals surface area contributed by atoms with Crippen molar-refractivity contribution in [3.8, 4) is 11.4 Å². The number of aromatic nitrogens is 4. The van der Waals surface area contributed by atoms with Gasteiger partial charge in [0, 0.05) is 35.2 Å².